The minimum atomic E-state index is -0.0482. The van der Waals surface area contributed by atoms with Crippen LogP contribution in [0.2, 0.25) is 0 Å². The largest absolute Gasteiger partial charge is 0.508 e. The van der Waals surface area contributed by atoms with Gasteiger partial charge in [0, 0.05) is 17.2 Å². The molecule has 18 heavy (non-hydrogen) atoms. The van der Waals surface area contributed by atoms with E-state index in [9.17, 15) is 15.3 Å². The molecule has 0 aliphatic rings. The van der Waals surface area contributed by atoms with Crippen molar-refractivity contribution in [2.45, 2.75) is 20.8 Å². The summed E-state index contributed by atoms with van der Waals surface area (Å²) >= 11 is 0. The molecule has 3 nitrogen and oxygen atoms in total. The first kappa shape index (κ1) is 12.3. The SMILES string of the molecule is Cc1cc(-c2ccc(O)cc2O)c(O)c(C)c1C. The maximum Gasteiger partial charge on any atom is 0.127 e. The number of hydrogen-bond donors (Lipinski definition) is 3. The molecule has 0 aliphatic carbocycles. The molecule has 0 spiro atoms. The van der Waals surface area contributed by atoms with Gasteiger partial charge in [0.25, 0.3) is 0 Å². The van der Waals surface area contributed by atoms with Gasteiger partial charge in [0.05, 0.1) is 0 Å². The van der Waals surface area contributed by atoms with Gasteiger partial charge in [-0.1, -0.05) is 0 Å². The van der Waals surface area contributed by atoms with Crippen molar-refractivity contribution in [3.8, 4) is 28.4 Å². The van der Waals surface area contributed by atoms with E-state index < -0.39 is 0 Å². The Morgan fingerprint density at radius 1 is 0.778 bits per heavy atom. The number of phenols is 3. The summed E-state index contributed by atoms with van der Waals surface area (Å²) in [5.41, 5.74) is 3.98. The molecule has 0 bridgehead atoms. The van der Waals surface area contributed by atoms with Gasteiger partial charge in [0.15, 0.2) is 0 Å². The predicted octanol–water partition coefficient (Wildman–Crippen LogP) is 3.40. The van der Waals surface area contributed by atoms with Crippen LogP contribution in [-0.2, 0) is 0 Å². The third-order valence-corrected chi connectivity index (χ3v) is 3.40. The molecule has 0 radical (unpaired) electrons. The molecule has 0 saturated heterocycles. The highest BCUT2D eigenvalue weighted by molar-refractivity contribution is 5.78. The normalized spacial score (nSPS) is 10.6. The van der Waals surface area contributed by atoms with Gasteiger partial charge in [0.2, 0.25) is 0 Å². The molecule has 2 aromatic carbocycles. The Hall–Kier alpha value is -2.16. The third-order valence-electron chi connectivity index (χ3n) is 3.40. The summed E-state index contributed by atoms with van der Waals surface area (Å²) < 4.78 is 0. The summed E-state index contributed by atoms with van der Waals surface area (Å²) in [7, 11) is 0. The molecule has 0 amide bonds. The van der Waals surface area contributed by atoms with Gasteiger partial charge in [-0.25, -0.2) is 0 Å². The first-order chi connectivity index (χ1) is 8.41. The number of benzene rings is 2. The number of aromatic hydroxyl groups is 3. The molecular weight excluding hydrogens is 228 g/mol. The summed E-state index contributed by atoms with van der Waals surface area (Å²) in [5.74, 6) is 0.114. The topological polar surface area (TPSA) is 60.7 Å². The summed E-state index contributed by atoms with van der Waals surface area (Å²) in [6, 6.07) is 6.18. The van der Waals surface area contributed by atoms with Gasteiger partial charge in [-0.3, -0.25) is 0 Å². The Bertz CT molecular complexity index is 616. The van der Waals surface area contributed by atoms with Crippen molar-refractivity contribution in [2.24, 2.45) is 0 Å². The molecule has 0 heterocycles. The minimum absolute atomic E-state index is 0.00343. The van der Waals surface area contributed by atoms with E-state index in [0.717, 1.165) is 16.7 Å². The lowest BCUT2D eigenvalue weighted by molar-refractivity contribution is 0.450. The third kappa shape index (κ3) is 1.88. The van der Waals surface area contributed by atoms with Crippen molar-refractivity contribution < 1.29 is 15.3 Å². The highest BCUT2D eigenvalue weighted by Crippen LogP contribution is 2.40. The summed E-state index contributed by atoms with van der Waals surface area (Å²) in [5, 5.41) is 29.3. The van der Waals surface area contributed by atoms with Crippen LogP contribution in [0.4, 0.5) is 0 Å². The Labute approximate surface area is 106 Å². The number of aryl methyl sites for hydroxylation is 1. The van der Waals surface area contributed by atoms with Crippen LogP contribution in [-0.4, -0.2) is 15.3 Å². The Morgan fingerprint density at radius 2 is 1.44 bits per heavy atom. The second kappa shape index (κ2) is 4.26. The lowest BCUT2D eigenvalue weighted by Crippen LogP contribution is -1.91. The fourth-order valence-corrected chi connectivity index (χ4v) is 2.02. The molecule has 0 unspecified atom stereocenters. The number of rotatable bonds is 1. The average molecular weight is 244 g/mol. The molecule has 0 aliphatic heterocycles. The Balaban J connectivity index is 2.72. The lowest BCUT2D eigenvalue weighted by Gasteiger charge is -2.14. The van der Waals surface area contributed by atoms with Crippen molar-refractivity contribution in [1.82, 2.24) is 0 Å². The van der Waals surface area contributed by atoms with Crippen LogP contribution in [0, 0.1) is 20.8 Å². The van der Waals surface area contributed by atoms with Crippen molar-refractivity contribution in [1.29, 1.82) is 0 Å². The fraction of sp³-hybridized carbons (Fsp3) is 0.200. The van der Waals surface area contributed by atoms with Crippen LogP contribution in [0.5, 0.6) is 17.2 Å². The Kier molecular flexibility index (Phi) is 2.91. The van der Waals surface area contributed by atoms with E-state index >= 15 is 0 Å². The van der Waals surface area contributed by atoms with Crippen molar-refractivity contribution in [3.63, 3.8) is 0 Å². The second-order valence-corrected chi connectivity index (χ2v) is 4.54. The quantitative estimate of drug-likeness (QED) is 0.720. The van der Waals surface area contributed by atoms with Crippen molar-refractivity contribution in [2.75, 3.05) is 0 Å². The van der Waals surface area contributed by atoms with E-state index in [1.165, 1.54) is 12.1 Å². The van der Waals surface area contributed by atoms with Gasteiger partial charge in [0.1, 0.15) is 17.2 Å². The monoisotopic (exact) mass is 244 g/mol. The number of phenolic OH excluding ortho intramolecular Hbond substituents is 3. The van der Waals surface area contributed by atoms with Gasteiger partial charge in [-0.15, -0.1) is 0 Å². The maximum absolute atomic E-state index is 10.2. The lowest BCUT2D eigenvalue weighted by atomic mass is 9.94. The van der Waals surface area contributed by atoms with Crippen molar-refractivity contribution in [3.05, 3.63) is 41.0 Å². The zero-order chi connectivity index (χ0) is 13.4. The average Bonchev–Trinajstić information content (AvgIpc) is 2.32. The van der Waals surface area contributed by atoms with Gasteiger partial charge < -0.3 is 15.3 Å². The molecule has 0 fully saturated rings. The zero-order valence-corrected chi connectivity index (χ0v) is 10.7. The van der Waals surface area contributed by atoms with Crippen LogP contribution >= 0.6 is 0 Å². The molecule has 0 atom stereocenters. The first-order valence-electron chi connectivity index (χ1n) is 5.74. The molecule has 94 valence electrons. The van der Waals surface area contributed by atoms with Gasteiger partial charge >= 0.3 is 0 Å². The second-order valence-electron chi connectivity index (χ2n) is 4.54. The predicted molar refractivity (Wildman–Crippen MR) is 71.1 cm³/mol. The minimum Gasteiger partial charge on any atom is -0.508 e. The zero-order valence-electron chi connectivity index (χ0n) is 10.7. The smallest absolute Gasteiger partial charge is 0.127 e. The highest BCUT2D eigenvalue weighted by Gasteiger charge is 2.14. The molecule has 0 aromatic heterocycles. The van der Waals surface area contributed by atoms with Crippen LogP contribution in [0.3, 0.4) is 0 Å². The molecule has 0 saturated carbocycles. The Morgan fingerprint density at radius 3 is 2.06 bits per heavy atom. The molecule has 2 rings (SSSR count). The molecule has 3 N–H and O–H groups in total. The fourth-order valence-electron chi connectivity index (χ4n) is 2.02. The number of hydrogen-bond acceptors (Lipinski definition) is 3. The maximum atomic E-state index is 10.2. The summed E-state index contributed by atoms with van der Waals surface area (Å²) in [6.07, 6.45) is 0. The van der Waals surface area contributed by atoms with Gasteiger partial charge in [-0.2, -0.15) is 0 Å². The van der Waals surface area contributed by atoms with E-state index in [1.54, 1.807) is 6.07 Å². The molecule has 3 heteroatoms. The summed E-state index contributed by atoms with van der Waals surface area (Å²) in [6.45, 7) is 5.76. The summed E-state index contributed by atoms with van der Waals surface area (Å²) in [4.78, 5) is 0. The van der Waals surface area contributed by atoms with Crippen LogP contribution in [0.1, 0.15) is 16.7 Å². The van der Waals surface area contributed by atoms with Crippen LogP contribution in [0.15, 0.2) is 24.3 Å². The molecular formula is C15H16O3. The van der Waals surface area contributed by atoms with Crippen molar-refractivity contribution >= 4 is 0 Å². The van der Waals surface area contributed by atoms with E-state index in [-0.39, 0.29) is 17.2 Å². The molecule has 2 aromatic rings. The van der Waals surface area contributed by atoms with Crippen LogP contribution in [0.25, 0.3) is 11.1 Å². The van der Waals surface area contributed by atoms with E-state index in [1.807, 2.05) is 26.8 Å². The van der Waals surface area contributed by atoms with Gasteiger partial charge in [-0.05, 0) is 55.7 Å². The first-order valence-corrected chi connectivity index (χ1v) is 5.74. The van der Waals surface area contributed by atoms with E-state index in [0.29, 0.717) is 11.1 Å². The standard InChI is InChI=1S/C15H16O3/c1-8-6-13(15(18)10(3)9(8)2)12-5-4-11(16)7-14(12)17/h4-7,16-18H,1-3H3. The van der Waals surface area contributed by atoms with Crippen LogP contribution < -0.4 is 0 Å². The highest BCUT2D eigenvalue weighted by atomic mass is 16.3. The van der Waals surface area contributed by atoms with E-state index in [4.69, 9.17) is 0 Å². The van der Waals surface area contributed by atoms with E-state index in [2.05, 4.69) is 0 Å².